The maximum atomic E-state index is 14.2. The second-order valence-electron chi connectivity index (χ2n) is 6.82. The highest BCUT2D eigenvalue weighted by Gasteiger charge is 2.45. The topological polar surface area (TPSA) is 59.0 Å². The van der Waals surface area contributed by atoms with Gasteiger partial charge in [0.2, 0.25) is 0 Å². The van der Waals surface area contributed by atoms with E-state index in [1.807, 2.05) is 13.2 Å². The van der Waals surface area contributed by atoms with Gasteiger partial charge in [-0.3, -0.25) is 9.69 Å². The van der Waals surface area contributed by atoms with Crippen molar-refractivity contribution in [1.29, 1.82) is 0 Å². The van der Waals surface area contributed by atoms with Gasteiger partial charge >= 0.3 is 0 Å². The summed E-state index contributed by atoms with van der Waals surface area (Å²) in [6, 6.07) is 5.06. The Morgan fingerprint density at radius 3 is 2.76 bits per heavy atom. The molecule has 0 unspecified atom stereocenters. The van der Waals surface area contributed by atoms with Gasteiger partial charge in [-0.2, -0.15) is 0 Å². The number of hydrogen-bond donors (Lipinski definition) is 1. The van der Waals surface area contributed by atoms with Crippen molar-refractivity contribution >= 4 is 6.47 Å². The van der Waals surface area contributed by atoms with Crippen LogP contribution in [0.5, 0.6) is 5.75 Å². The lowest BCUT2D eigenvalue weighted by atomic mass is 9.76. The zero-order valence-corrected chi connectivity index (χ0v) is 15.0. The molecular weight excluding hydrogens is 325 g/mol. The molecule has 1 aromatic carbocycles. The first-order valence-electron chi connectivity index (χ1n) is 8.74. The van der Waals surface area contributed by atoms with Crippen LogP contribution in [0, 0.1) is 11.2 Å². The molecule has 1 aromatic rings. The fourth-order valence-corrected chi connectivity index (χ4v) is 4.44. The Labute approximate surface area is 148 Å². The molecular formula is C19H28FNO4. The van der Waals surface area contributed by atoms with Crippen LogP contribution in [0.15, 0.2) is 18.2 Å². The molecule has 2 atom stereocenters. The van der Waals surface area contributed by atoms with Crippen LogP contribution in [0.1, 0.15) is 37.7 Å². The molecule has 6 heteroatoms. The minimum atomic E-state index is -0.250. The fourth-order valence-electron chi connectivity index (χ4n) is 4.44. The van der Waals surface area contributed by atoms with Gasteiger partial charge in [0.1, 0.15) is 11.6 Å². The van der Waals surface area contributed by atoms with Gasteiger partial charge in [0, 0.05) is 31.2 Å². The maximum Gasteiger partial charge on any atom is 0.290 e. The number of nitrogens with zero attached hydrogens (tertiary/aromatic N) is 1. The normalized spacial score (nSPS) is 26.1. The first-order chi connectivity index (χ1) is 12.1. The number of hydrogen-bond acceptors (Lipinski definition) is 4. The van der Waals surface area contributed by atoms with E-state index in [0.29, 0.717) is 24.0 Å². The molecule has 1 aliphatic heterocycles. The number of likely N-dealkylation sites (tertiary alicyclic amines) is 1. The number of piperidine rings is 1. The third kappa shape index (κ3) is 4.50. The van der Waals surface area contributed by atoms with Crippen LogP contribution >= 0.6 is 0 Å². The minimum Gasteiger partial charge on any atom is -0.496 e. The molecule has 1 saturated heterocycles. The summed E-state index contributed by atoms with van der Waals surface area (Å²) >= 11 is 0. The number of ether oxygens (including phenoxy) is 2. The second kappa shape index (κ2) is 9.15. The molecule has 2 fully saturated rings. The Morgan fingerprint density at radius 1 is 1.36 bits per heavy atom. The zero-order chi connectivity index (χ0) is 18.3. The van der Waals surface area contributed by atoms with Gasteiger partial charge in [-0.1, -0.05) is 12.5 Å². The van der Waals surface area contributed by atoms with E-state index in [1.54, 1.807) is 13.2 Å². The van der Waals surface area contributed by atoms with Crippen LogP contribution in [0.25, 0.3) is 0 Å². The van der Waals surface area contributed by atoms with Gasteiger partial charge in [0.05, 0.1) is 13.2 Å². The average Bonchev–Trinajstić information content (AvgIpc) is 2.99. The molecule has 3 rings (SSSR count). The number of halogens is 1. The molecule has 0 radical (unpaired) electrons. The molecule has 2 aliphatic rings. The molecule has 25 heavy (non-hydrogen) atoms. The van der Waals surface area contributed by atoms with Gasteiger partial charge in [-0.15, -0.1) is 0 Å². The fraction of sp³-hybridized carbons (Fsp3) is 0.632. The Kier molecular flexibility index (Phi) is 7.20. The minimum absolute atomic E-state index is 0.173. The number of benzene rings is 1. The van der Waals surface area contributed by atoms with Gasteiger partial charge in [-0.05, 0) is 44.4 Å². The lowest BCUT2D eigenvalue weighted by Crippen LogP contribution is -2.47. The first-order valence-corrected chi connectivity index (χ1v) is 8.74. The van der Waals surface area contributed by atoms with Crippen LogP contribution in [0.4, 0.5) is 4.39 Å². The van der Waals surface area contributed by atoms with Gasteiger partial charge < -0.3 is 14.6 Å². The van der Waals surface area contributed by atoms with E-state index in [4.69, 9.17) is 19.4 Å². The Bertz CT molecular complexity index is 568. The third-order valence-electron chi connectivity index (χ3n) is 5.47. The van der Waals surface area contributed by atoms with E-state index in [-0.39, 0.29) is 17.7 Å². The molecule has 140 valence electrons. The van der Waals surface area contributed by atoms with Crippen LogP contribution in [-0.4, -0.2) is 49.9 Å². The van der Waals surface area contributed by atoms with Crippen molar-refractivity contribution in [3.63, 3.8) is 0 Å². The smallest absolute Gasteiger partial charge is 0.290 e. The lowest BCUT2D eigenvalue weighted by molar-refractivity contribution is -0.122. The SMILES string of the molecule is COc1cccc(F)c1CN1CCC[C@]2(CCC[C@H]2OC)C1.O=CO. The largest absolute Gasteiger partial charge is 0.496 e. The lowest BCUT2D eigenvalue weighted by Gasteiger charge is -2.43. The van der Waals surface area contributed by atoms with Crippen molar-refractivity contribution in [2.45, 2.75) is 44.8 Å². The van der Waals surface area contributed by atoms with E-state index in [1.165, 1.54) is 25.3 Å². The predicted octanol–water partition coefficient (Wildman–Crippen LogP) is 3.32. The van der Waals surface area contributed by atoms with Crippen molar-refractivity contribution in [3.05, 3.63) is 29.6 Å². The van der Waals surface area contributed by atoms with Crippen LogP contribution in [0.3, 0.4) is 0 Å². The molecule has 5 nitrogen and oxygen atoms in total. The summed E-state index contributed by atoms with van der Waals surface area (Å²) < 4.78 is 25.3. The molecule has 1 N–H and O–H groups in total. The van der Waals surface area contributed by atoms with E-state index in [0.717, 1.165) is 25.9 Å². The number of carboxylic acid groups (broad SMARTS) is 1. The summed E-state index contributed by atoms with van der Waals surface area (Å²) in [4.78, 5) is 10.7. The average molecular weight is 353 g/mol. The van der Waals surface area contributed by atoms with Gasteiger partial charge in [0.25, 0.3) is 6.47 Å². The third-order valence-corrected chi connectivity index (χ3v) is 5.47. The summed E-state index contributed by atoms with van der Waals surface area (Å²) in [5.74, 6) is 0.475. The number of carbonyl (C=O) groups is 1. The van der Waals surface area contributed by atoms with E-state index in [2.05, 4.69) is 4.90 Å². The van der Waals surface area contributed by atoms with Crippen molar-refractivity contribution in [2.75, 3.05) is 27.3 Å². The van der Waals surface area contributed by atoms with Crippen LogP contribution < -0.4 is 4.74 Å². The molecule has 1 saturated carbocycles. The summed E-state index contributed by atoms with van der Waals surface area (Å²) in [6.45, 7) is 2.40. The monoisotopic (exact) mass is 353 g/mol. The van der Waals surface area contributed by atoms with E-state index in [9.17, 15) is 4.39 Å². The van der Waals surface area contributed by atoms with Crippen LogP contribution in [0.2, 0.25) is 0 Å². The Balaban J connectivity index is 0.000000701. The van der Waals surface area contributed by atoms with Crippen molar-refractivity contribution in [1.82, 2.24) is 4.90 Å². The highest BCUT2D eigenvalue weighted by Crippen LogP contribution is 2.46. The predicted molar refractivity (Wildman–Crippen MR) is 93.2 cm³/mol. The standard InChI is InChI=1S/C18H26FNO2.CH2O2/c1-21-16-7-3-6-15(19)14(16)12-20-11-5-10-18(13-20)9-4-8-17(18)22-2;2-1-3/h3,6-7,17H,4-5,8-13H2,1-2H3;1H,(H,2,3)/t17-,18-;/m1./s1. The number of rotatable bonds is 4. The second-order valence-corrected chi connectivity index (χ2v) is 6.82. The van der Waals surface area contributed by atoms with E-state index < -0.39 is 0 Å². The van der Waals surface area contributed by atoms with Gasteiger partial charge in [-0.25, -0.2) is 4.39 Å². The van der Waals surface area contributed by atoms with E-state index >= 15 is 0 Å². The summed E-state index contributed by atoms with van der Waals surface area (Å²) in [5, 5.41) is 6.89. The molecule has 0 bridgehead atoms. The highest BCUT2D eigenvalue weighted by molar-refractivity contribution is 5.34. The summed E-state index contributed by atoms with van der Waals surface area (Å²) in [5.41, 5.74) is 0.944. The summed E-state index contributed by atoms with van der Waals surface area (Å²) in [7, 11) is 3.43. The Hall–Kier alpha value is -1.66. The molecule has 1 heterocycles. The van der Waals surface area contributed by atoms with Crippen LogP contribution in [-0.2, 0) is 16.1 Å². The van der Waals surface area contributed by atoms with Crippen molar-refractivity contribution in [2.24, 2.45) is 5.41 Å². The van der Waals surface area contributed by atoms with Crippen molar-refractivity contribution < 1.29 is 23.8 Å². The van der Waals surface area contributed by atoms with Gasteiger partial charge in [0.15, 0.2) is 0 Å². The highest BCUT2D eigenvalue weighted by atomic mass is 19.1. The maximum absolute atomic E-state index is 14.2. The molecule has 1 aliphatic carbocycles. The quantitative estimate of drug-likeness (QED) is 0.842. The Morgan fingerprint density at radius 2 is 2.08 bits per heavy atom. The summed E-state index contributed by atoms with van der Waals surface area (Å²) in [6.07, 6.45) is 6.39. The molecule has 0 amide bonds. The molecule has 0 aromatic heterocycles. The van der Waals surface area contributed by atoms with Crippen molar-refractivity contribution in [3.8, 4) is 5.75 Å². The first kappa shape index (κ1) is 19.7. The number of methoxy groups -OCH3 is 2. The zero-order valence-electron chi connectivity index (χ0n) is 15.0. The molecule has 1 spiro atoms.